The maximum absolute atomic E-state index is 12.5. The predicted molar refractivity (Wildman–Crippen MR) is 115 cm³/mol. The van der Waals surface area contributed by atoms with Crippen molar-refractivity contribution in [1.82, 2.24) is 10.3 Å². The Labute approximate surface area is 173 Å². The maximum atomic E-state index is 12.5. The van der Waals surface area contributed by atoms with Crippen LogP contribution >= 0.6 is 11.3 Å². The molecule has 6 nitrogen and oxygen atoms in total. The van der Waals surface area contributed by atoms with E-state index in [2.05, 4.69) is 15.6 Å². The second-order valence-corrected chi connectivity index (χ2v) is 7.66. The normalized spacial score (nSPS) is 11.7. The van der Waals surface area contributed by atoms with Gasteiger partial charge in [-0.2, -0.15) is 0 Å². The van der Waals surface area contributed by atoms with E-state index in [9.17, 15) is 9.59 Å². The molecule has 1 aromatic heterocycles. The highest BCUT2D eigenvalue weighted by atomic mass is 32.1. The first-order valence-corrected chi connectivity index (χ1v) is 10.2. The van der Waals surface area contributed by atoms with Gasteiger partial charge in [0.2, 0.25) is 0 Å². The van der Waals surface area contributed by atoms with Crippen molar-refractivity contribution < 1.29 is 14.3 Å². The zero-order valence-corrected chi connectivity index (χ0v) is 17.1. The van der Waals surface area contributed by atoms with Crippen LogP contribution in [-0.2, 0) is 16.1 Å². The number of anilines is 1. The van der Waals surface area contributed by atoms with Crippen LogP contribution in [0, 0.1) is 5.92 Å². The van der Waals surface area contributed by atoms with Gasteiger partial charge in [-0.3, -0.25) is 0 Å². The first kappa shape index (κ1) is 20.5. The molecule has 0 aliphatic carbocycles. The van der Waals surface area contributed by atoms with Gasteiger partial charge in [-0.25, -0.2) is 14.6 Å². The summed E-state index contributed by atoms with van der Waals surface area (Å²) in [5.41, 5.74) is 2.35. The molecule has 0 bridgehead atoms. The van der Waals surface area contributed by atoms with Crippen molar-refractivity contribution in [2.45, 2.75) is 26.5 Å². The number of para-hydroxylation sites is 1. The van der Waals surface area contributed by atoms with E-state index in [-0.39, 0.29) is 12.5 Å². The van der Waals surface area contributed by atoms with Gasteiger partial charge in [-0.15, -0.1) is 11.3 Å². The number of carbonyl (C=O) groups excluding carboxylic acids is 2. The summed E-state index contributed by atoms with van der Waals surface area (Å²) in [6.07, 6.45) is 0. The number of ether oxygens (including phenoxy) is 1. The minimum atomic E-state index is -0.758. The molecular formula is C22H23N3O3S. The predicted octanol–water partition coefficient (Wildman–Crippen LogP) is 4.70. The van der Waals surface area contributed by atoms with Crippen LogP contribution in [0.2, 0.25) is 0 Å². The summed E-state index contributed by atoms with van der Waals surface area (Å²) < 4.78 is 5.41. The Morgan fingerprint density at radius 2 is 1.69 bits per heavy atom. The van der Waals surface area contributed by atoms with Gasteiger partial charge in [0.1, 0.15) is 17.7 Å². The van der Waals surface area contributed by atoms with E-state index in [1.807, 2.05) is 67.8 Å². The molecule has 0 fully saturated rings. The summed E-state index contributed by atoms with van der Waals surface area (Å²) in [4.78, 5) is 29.3. The molecule has 2 aromatic carbocycles. The third-order valence-corrected chi connectivity index (χ3v) is 5.11. The first-order valence-electron chi connectivity index (χ1n) is 9.32. The molecule has 29 heavy (non-hydrogen) atoms. The summed E-state index contributed by atoms with van der Waals surface area (Å²) >= 11 is 1.50. The van der Waals surface area contributed by atoms with Crippen LogP contribution in [0.1, 0.15) is 19.5 Å². The van der Waals surface area contributed by atoms with Crippen molar-refractivity contribution in [3.63, 3.8) is 0 Å². The Balaban J connectivity index is 1.56. The molecule has 0 saturated carbocycles. The number of esters is 1. The van der Waals surface area contributed by atoms with Gasteiger partial charge in [0, 0.05) is 16.6 Å². The molecular weight excluding hydrogens is 386 g/mol. The number of nitrogens with one attached hydrogen (secondary N) is 2. The number of carbonyl (C=O) groups is 2. The fraction of sp³-hybridized carbons (Fsp3) is 0.227. The standard InChI is InChI=1S/C22H23N3O3S/c1-15(2)19(25-22(27)24-17-11-7-4-8-12-17)21(26)28-13-18-14-29-20(23-18)16-9-5-3-6-10-16/h3-12,14-15,19H,13H2,1-2H3,(H2,24,25,27)/t19-/m0/s1. The fourth-order valence-electron chi connectivity index (χ4n) is 2.65. The quantitative estimate of drug-likeness (QED) is 0.554. The number of thiazole rings is 1. The second kappa shape index (κ2) is 9.84. The molecule has 2 N–H and O–H groups in total. The molecule has 3 aromatic rings. The summed E-state index contributed by atoms with van der Waals surface area (Å²) in [7, 11) is 0. The lowest BCUT2D eigenvalue weighted by molar-refractivity contribution is -0.148. The van der Waals surface area contributed by atoms with Crippen molar-refractivity contribution in [3.8, 4) is 10.6 Å². The number of nitrogens with zero attached hydrogens (tertiary/aromatic N) is 1. The molecule has 0 saturated heterocycles. The highest BCUT2D eigenvalue weighted by molar-refractivity contribution is 7.13. The summed E-state index contributed by atoms with van der Waals surface area (Å²) in [5.74, 6) is -0.614. The third-order valence-electron chi connectivity index (χ3n) is 4.17. The topological polar surface area (TPSA) is 80.3 Å². The van der Waals surface area contributed by atoms with E-state index in [1.54, 1.807) is 12.1 Å². The minimum Gasteiger partial charge on any atom is -0.458 e. The van der Waals surface area contributed by atoms with Crippen molar-refractivity contribution >= 4 is 29.0 Å². The molecule has 0 unspecified atom stereocenters. The monoisotopic (exact) mass is 409 g/mol. The molecule has 0 radical (unpaired) electrons. The molecule has 0 aliphatic heterocycles. The first-order chi connectivity index (χ1) is 14.0. The summed E-state index contributed by atoms with van der Waals surface area (Å²) in [5, 5.41) is 8.14. The van der Waals surface area contributed by atoms with Crippen molar-refractivity contribution in [2.75, 3.05) is 5.32 Å². The Hall–Kier alpha value is -3.19. The van der Waals surface area contributed by atoms with Crippen LogP contribution in [0.15, 0.2) is 66.0 Å². The Morgan fingerprint density at radius 1 is 1.03 bits per heavy atom. The highest BCUT2D eigenvalue weighted by Gasteiger charge is 2.26. The van der Waals surface area contributed by atoms with Crippen LogP contribution < -0.4 is 10.6 Å². The van der Waals surface area contributed by atoms with Gasteiger partial charge in [-0.1, -0.05) is 62.4 Å². The van der Waals surface area contributed by atoms with Gasteiger partial charge in [0.25, 0.3) is 0 Å². The van der Waals surface area contributed by atoms with E-state index in [0.29, 0.717) is 11.4 Å². The van der Waals surface area contributed by atoms with Crippen LogP contribution in [0.5, 0.6) is 0 Å². The Morgan fingerprint density at radius 3 is 2.34 bits per heavy atom. The van der Waals surface area contributed by atoms with Gasteiger partial charge in [0.15, 0.2) is 0 Å². The van der Waals surface area contributed by atoms with Crippen LogP contribution in [0.3, 0.4) is 0 Å². The van der Waals surface area contributed by atoms with Gasteiger partial charge in [-0.05, 0) is 18.1 Å². The smallest absolute Gasteiger partial charge is 0.329 e. The van der Waals surface area contributed by atoms with Crippen molar-refractivity contribution in [3.05, 3.63) is 71.7 Å². The van der Waals surface area contributed by atoms with E-state index < -0.39 is 18.0 Å². The third kappa shape index (κ3) is 5.89. The van der Waals surface area contributed by atoms with Crippen molar-refractivity contribution in [2.24, 2.45) is 5.92 Å². The average molecular weight is 410 g/mol. The average Bonchev–Trinajstić information content (AvgIpc) is 3.20. The van der Waals surface area contributed by atoms with E-state index >= 15 is 0 Å². The summed E-state index contributed by atoms with van der Waals surface area (Å²) in [6, 6.07) is 17.7. The van der Waals surface area contributed by atoms with E-state index in [0.717, 1.165) is 10.6 Å². The number of aromatic nitrogens is 1. The Kier molecular flexibility index (Phi) is 6.97. The number of benzene rings is 2. The number of urea groups is 1. The highest BCUT2D eigenvalue weighted by Crippen LogP contribution is 2.23. The van der Waals surface area contributed by atoms with E-state index in [4.69, 9.17) is 4.74 Å². The van der Waals surface area contributed by atoms with Crippen LogP contribution in [0.25, 0.3) is 10.6 Å². The van der Waals surface area contributed by atoms with Crippen LogP contribution in [-0.4, -0.2) is 23.0 Å². The number of rotatable bonds is 7. The molecule has 3 rings (SSSR count). The lowest BCUT2D eigenvalue weighted by atomic mass is 10.1. The fourth-order valence-corrected chi connectivity index (χ4v) is 3.46. The molecule has 0 spiro atoms. The maximum Gasteiger partial charge on any atom is 0.329 e. The molecule has 7 heteroatoms. The van der Waals surface area contributed by atoms with Gasteiger partial charge >= 0.3 is 12.0 Å². The lowest BCUT2D eigenvalue weighted by Gasteiger charge is -2.21. The van der Waals surface area contributed by atoms with E-state index in [1.165, 1.54) is 11.3 Å². The van der Waals surface area contributed by atoms with Crippen LogP contribution in [0.4, 0.5) is 10.5 Å². The lowest BCUT2D eigenvalue weighted by Crippen LogP contribution is -2.47. The van der Waals surface area contributed by atoms with Gasteiger partial charge in [0.05, 0.1) is 5.69 Å². The number of hydrogen-bond acceptors (Lipinski definition) is 5. The molecule has 0 aliphatic rings. The largest absolute Gasteiger partial charge is 0.458 e. The second-order valence-electron chi connectivity index (χ2n) is 6.80. The minimum absolute atomic E-state index is 0.0629. The molecule has 1 heterocycles. The number of hydrogen-bond donors (Lipinski definition) is 2. The molecule has 2 amide bonds. The van der Waals surface area contributed by atoms with Gasteiger partial charge < -0.3 is 15.4 Å². The summed E-state index contributed by atoms with van der Waals surface area (Å²) in [6.45, 7) is 3.77. The molecule has 150 valence electrons. The zero-order valence-electron chi connectivity index (χ0n) is 16.3. The Bertz CT molecular complexity index is 942. The number of amides is 2. The van der Waals surface area contributed by atoms with Crippen molar-refractivity contribution in [1.29, 1.82) is 0 Å². The zero-order chi connectivity index (χ0) is 20.6. The molecule has 1 atom stereocenters. The SMILES string of the molecule is CC(C)[C@H](NC(=O)Nc1ccccc1)C(=O)OCc1csc(-c2ccccc2)n1.